The zero-order valence-corrected chi connectivity index (χ0v) is 13.7. The highest BCUT2D eigenvalue weighted by molar-refractivity contribution is 9.09. The highest BCUT2D eigenvalue weighted by Crippen LogP contribution is 2.05. The van der Waals surface area contributed by atoms with E-state index in [1.165, 1.54) is 25.7 Å². The van der Waals surface area contributed by atoms with E-state index in [1.807, 2.05) is 12.2 Å². The fourth-order valence-corrected chi connectivity index (χ4v) is 1.87. The van der Waals surface area contributed by atoms with Gasteiger partial charge in [-0.1, -0.05) is 47.3 Å². The van der Waals surface area contributed by atoms with E-state index in [1.54, 1.807) is 0 Å². The summed E-state index contributed by atoms with van der Waals surface area (Å²) in [6.45, 7) is 7.26. The number of hydrogen-bond acceptors (Lipinski definition) is 1. The predicted octanol–water partition coefficient (Wildman–Crippen LogP) is 5.73. The molecule has 0 aromatic rings. The molecule has 0 aromatic heterocycles. The molecule has 2 nitrogen and oxygen atoms in total. The molecule has 0 aliphatic carbocycles. The van der Waals surface area contributed by atoms with Crippen molar-refractivity contribution in [1.29, 1.82) is 0 Å². The van der Waals surface area contributed by atoms with Crippen LogP contribution < -0.4 is 0 Å². The van der Waals surface area contributed by atoms with E-state index in [-0.39, 0.29) is 0 Å². The van der Waals surface area contributed by atoms with Crippen LogP contribution in [-0.4, -0.2) is 16.4 Å². The molecule has 112 valence electrons. The van der Waals surface area contributed by atoms with Gasteiger partial charge in [-0.2, -0.15) is 0 Å². The van der Waals surface area contributed by atoms with Crippen molar-refractivity contribution in [3.8, 4) is 0 Å². The molecule has 0 rings (SSSR count). The van der Waals surface area contributed by atoms with Crippen molar-refractivity contribution in [2.45, 2.75) is 64.2 Å². The van der Waals surface area contributed by atoms with Gasteiger partial charge >= 0.3 is 5.97 Å². The van der Waals surface area contributed by atoms with Crippen LogP contribution in [0.25, 0.3) is 0 Å². The van der Waals surface area contributed by atoms with Gasteiger partial charge in [0.2, 0.25) is 0 Å². The number of carboxylic acids is 1. The molecule has 0 bridgehead atoms. The molecule has 0 unspecified atom stereocenters. The van der Waals surface area contributed by atoms with Gasteiger partial charge in [-0.05, 0) is 38.5 Å². The fraction of sp³-hybridized carbons (Fsp3) is 0.688. The van der Waals surface area contributed by atoms with E-state index in [2.05, 4.69) is 29.1 Å². The monoisotopic (exact) mass is 332 g/mol. The van der Waals surface area contributed by atoms with Crippen molar-refractivity contribution < 1.29 is 9.90 Å². The Morgan fingerprint density at radius 1 is 0.895 bits per heavy atom. The van der Waals surface area contributed by atoms with Crippen LogP contribution in [0.2, 0.25) is 0 Å². The van der Waals surface area contributed by atoms with Gasteiger partial charge in [-0.15, -0.1) is 13.2 Å². The minimum atomic E-state index is -0.686. The molecule has 0 fully saturated rings. The summed E-state index contributed by atoms with van der Waals surface area (Å²) in [4.78, 5) is 10.1. The number of allylic oxidation sites excluding steroid dienone is 2. The Bertz CT molecular complexity index is 215. The quantitative estimate of drug-likeness (QED) is 0.281. The Balaban J connectivity index is 0. The van der Waals surface area contributed by atoms with Gasteiger partial charge in [0.25, 0.3) is 0 Å². The van der Waals surface area contributed by atoms with E-state index >= 15 is 0 Å². The summed E-state index contributed by atoms with van der Waals surface area (Å²) in [7, 11) is 0. The third kappa shape index (κ3) is 26.9. The summed E-state index contributed by atoms with van der Waals surface area (Å²) in [6.07, 6.45) is 14.5. The minimum absolute atomic E-state index is 0.314. The van der Waals surface area contributed by atoms with E-state index < -0.39 is 5.97 Å². The first-order chi connectivity index (χ1) is 9.18. The number of halogens is 1. The van der Waals surface area contributed by atoms with Gasteiger partial charge in [0.05, 0.1) is 0 Å². The molecule has 0 aliphatic heterocycles. The van der Waals surface area contributed by atoms with Crippen LogP contribution in [0.1, 0.15) is 64.2 Å². The standard InChI is InChI=1S/C9H16O2.C7H13Br/c1-2-3-4-5-6-7-8-9(10)11;1-2-3-4-5-6-7-8/h2H,1,3-8H2,(H,10,11);2H,1,3-7H2. The SMILES string of the molecule is C=CCCCCCBr.C=CCCCCCCC(=O)O. The van der Waals surface area contributed by atoms with Gasteiger partial charge in [0, 0.05) is 11.8 Å². The lowest BCUT2D eigenvalue weighted by Gasteiger charge is -1.95. The van der Waals surface area contributed by atoms with E-state index in [4.69, 9.17) is 5.11 Å². The van der Waals surface area contributed by atoms with E-state index in [0.29, 0.717) is 6.42 Å². The molecule has 0 amide bonds. The molecular weight excluding hydrogens is 304 g/mol. The summed E-state index contributed by atoms with van der Waals surface area (Å²) >= 11 is 3.38. The highest BCUT2D eigenvalue weighted by Gasteiger charge is 1.95. The van der Waals surface area contributed by atoms with E-state index in [0.717, 1.165) is 37.4 Å². The summed E-state index contributed by atoms with van der Waals surface area (Å²) in [5, 5.41) is 9.44. The molecular formula is C16H29BrO2. The lowest BCUT2D eigenvalue weighted by molar-refractivity contribution is -0.137. The van der Waals surface area contributed by atoms with Crippen molar-refractivity contribution in [2.24, 2.45) is 0 Å². The molecule has 0 saturated heterocycles. The number of carbonyl (C=O) groups is 1. The largest absolute Gasteiger partial charge is 0.481 e. The molecule has 0 spiro atoms. The van der Waals surface area contributed by atoms with Crippen molar-refractivity contribution in [1.82, 2.24) is 0 Å². The van der Waals surface area contributed by atoms with Gasteiger partial charge < -0.3 is 5.11 Å². The Morgan fingerprint density at radius 3 is 1.79 bits per heavy atom. The van der Waals surface area contributed by atoms with Gasteiger partial charge in [-0.25, -0.2) is 0 Å². The Morgan fingerprint density at radius 2 is 1.37 bits per heavy atom. The predicted molar refractivity (Wildman–Crippen MR) is 88.0 cm³/mol. The van der Waals surface area contributed by atoms with Crippen molar-refractivity contribution in [3.05, 3.63) is 25.3 Å². The van der Waals surface area contributed by atoms with Crippen LogP contribution in [-0.2, 0) is 4.79 Å². The number of hydrogen-bond donors (Lipinski definition) is 1. The van der Waals surface area contributed by atoms with Crippen LogP contribution in [0.4, 0.5) is 0 Å². The number of rotatable bonds is 12. The van der Waals surface area contributed by atoms with Crippen LogP contribution >= 0.6 is 15.9 Å². The fourth-order valence-electron chi connectivity index (χ4n) is 1.48. The van der Waals surface area contributed by atoms with Crippen molar-refractivity contribution in [2.75, 3.05) is 5.33 Å². The van der Waals surface area contributed by atoms with Crippen LogP contribution in [0.3, 0.4) is 0 Å². The lowest BCUT2D eigenvalue weighted by atomic mass is 10.1. The third-order valence-corrected chi connectivity index (χ3v) is 3.15. The number of alkyl halides is 1. The van der Waals surface area contributed by atoms with Gasteiger partial charge in [0.1, 0.15) is 0 Å². The van der Waals surface area contributed by atoms with Gasteiger partial charge in [0.15, 0.2) is 0 Å². The average molecular weight is 333 g/mol. The van der Waals surface area contributed by atoms with Crippen molar-refractivity contribution >= 4 is 21.9 Å². The minimum Gasteiger partial charge on any atom is -0.481 e. The van der Waals surface area contributed by atoms with Crippen molar-refractivity contribution in [3.63, 3.8) is 0 Å². The molecule has 1 N–H and O–H groups in total. The molecule has 0 aliphatic rings. The number of unbranched alkanes of at least 4 members (excludes halogenated alkanes) is 7. The first kappa shape index (κ1) is 20.7. The van der Waals surface area contributed by atoms with Crippen LogP contribution in [0, 0.1) is 0 Å². The smallest absolute Gasteiger partial charge is 0.303 e. The molecule has 0 aromatic carbocycles. The Kier molecular flexibility index (Phi) is 21.6. The maximum Gasteiger partial charge on any atom is 0.303 e. The highest BCUT2D eigenvalue weighted by atomic mass is 79.9. The van der Waals surface area contributed by atoms with Crippen LogP contribution in [0.5, 0.6) is 0 Å². The normalized spacial score (nSPS) is 9.32. The molecule has 0 radical (unpaired) electrons. The first-order valence-electron chi connectivity index (χ1n) is 7.18. The third-order valence-electron chi connectivity index (χ3n) is 2.59. The number of carboxylic acid groups (broad SMARTS) is 1. The van der Waals surface area contributed by atoms with E-state index in [9.17, 15) is 4.79 Å². The first-order valence-corrected chi connectivity index (χ1v) is 8.30. The molecule has 0 heterocycles. The molecule has 19 heavy (non-hydrogen) atoms. The number of aliphatic carboxylic acids is 1. The van der Waals surface area contributed by atoms with Gasteiger partial charge in [-0.3, -0.25) is 4.79 Å². The summed E-state index contributed by atoms with van der Waals surface area (Å²) in [5.41, 5.74) is 0. The maximum absolute atomic E-state index is 10.1. The second-order valence-electron chi connectivity index (χ2n) is 4.46. The molecule has 0 saturated carbocycles. The maximum atomic E-state index is 10.1. The summed E-state index contributed by atoms with van der Waals surface area (Å²) in [6, 6.07) is 0. The lowest BCUT2D eigenvalue weighted by Crippen LogP contribution is -1.93. The zero-order valence-electron chi connectivity index (χ0n) is 12.1. The molecule has 3 heteroatoms. The average Bonchev–Trinajstić information content (AvgIpc) is 2.39. The summed E-state index contributed by atoms with van der Waals surface area (Å²) < 4.78 is 0. The molecule has 0 atom stereocenters. The summed E-state index contributed by atoms with van der Waals surface area (Å²) in [5.74, 6) is -0.686. The zero-order chi connectivity index (χ0) is 14.8. The Labute approximate surface area is 127 Å². The second kappa shape index (κ2) is 19.8. The Hall–Kier alpha value is -0.570. The van der Waals surface area contributed by atoms with Crippen LogP contribution in [0.15, 0.2) is 25.3 Å². The second-order valence-corrected chi connectivity index (χ2v) is 5.26. The topological polar surface area (TPSA) is 37.3 Å².